The minimum absolute atomic E-state index is 0. The van der Waals surface area contributed by atoms with Gasteiger partial charge < -0.3 is 15.2 Å². The molecule has 0 saturated heterocycles. The highest BCUT2D eigenvalue weighted by Gasteiger charge is 2.28. The van der Waals surface area contributed by atoms with Gasteiger partial charge in [0.05, 0.1) is 19.8 Å². The fraction of sp³-hybridized carbons (Fsp3) is 0.417. The van der Waals surface area contributed by atoms with Gasteiger partial charge in [-0.1, -0.05) is 6.07 Å². The predicted octanol–water partition coefficient (Wildman–Crippen LogP) is 2.16. The van der Waals surface area contributed by atoms with Gasteiger partial charge in [-0.2, -0.15) is 0 Å². The van der Waals surface area contributed by atoms with E-state index >= 15 is 0 Å². The number of methoxy groups -OCH3 is 1. The third-order valence-corrected chi connectivity index (χ3v) is 2.39. The second-order valence-electron chi connectivity index (χ2n) is 3.57. The normalized spacial score (nSPS) is 13.1. The Kier molecular flexibility index (Phi) is 7.33. The van der Waals surface area contributed by atoms with Gasteiger partial charge in [0.1, 0.15) is 0 Å². The zero-order chi connectivity index (χ0) is 13.7. The van der Waals surface area contributed by atoms with Gasteiger partial charge in [-0.15, -0.1) is 12.4 Å². The zero-order valence-corrected chi connectivity index (χ0v) is 11.4. The highest BCUT2D eigenvalue weighted by Crippen LogP contribution is 2.24. The van der Waals surface area contributed by atoms with Gasteiger partial charge >= 0.3 is 5.97 Å². The third-order valence-electron chi connectivity index (χ3n) is 2.39. The molecule has 0 amide bonds. The van der Waals surface area contributed by atoms with Crippen molar-refractivity contribution < 1.29 is 23.0 Å². The van der Waals surface area contributed by atoms with Crippen LogP contribution in [0.3, 0.4) is 0 Å². The number of hydrogen-bond donors (Lipinski definition) is 1. The van der Waals surface area contributed by atoms with E-state index in [9.17, 15) is 13.6 Å². The SMILES string of the molecule is CCOC(=O)C(F)[C@@H](N)c1ccc(OC)c(F)c1.Cl. The van der Waals surface area contributed by atoms with Crippen LogP contribution in [0.2, 0.25) is 0 Å². The highest BCUT2D eigenvalue weighted by atomic mass is 35.5. The lowest BCUT2D eigenvalue weighted by Crippen LogP contribution is -2.31. The Labute approximate surface area is 116 Å². The average molecular weight is 296 g/mol. The predicted molar refractivity (Wildman–Crippen MR) is 68.7 cm³/mol. The molecule has 0 aliphatic rings. The number of alkyl halides is 1. The van der Waals surface area contributed by atoms with Gasteiger partial charge in [-0.3, -0.25) is 0 Å². The van der Waals surface area contributed by atoms with E-state index in [2.05, 4.69) is 4.74 Å². The molecular weight excluding hydrogens is 280 g/mol. The van der Waals surface area contributed by atoms with Gasteiger partial charge in [0.15, 0.2) is 11.6 Å². The third kappa shape index (κ3) is 4.33. The van der Waals surface area contributed by atoms with Crippen molar-refractivity contribution in [3.63, 3.8) is 0 Å². The Morgan fingerprint density at radius 3 is 2.58 bits per heavy atom. The molecule has 2 atom stereocenters. The van der Waals surface area contributed by atoms with E-state index in [0.29, 0.717) is 0 Å². The summed E-state index contributed by atoms with van der Waals surface area (Å²) in [5.74, 6) is -1.69. The fourth-order valence-corrected chi connectivity index (χ4v) is 1.43. The molecule has 108 valence electrons. The van der Waals surface area contributed by atoms with Crippen molar-refractivity contribution in [2.45, 2.75) is 19.1 Å². The summed E-state index contributed by atoms with van der Waals surface area (Å²) in [7, 11) is 1.31. The lowest BCUT2D eigenvalue weighted by atomic mass is 10.0. The number of ether oxygens (including phenoxy) is 2. The molecular formula is C12H16ClF2NO3. The van der Waals surface area contributed by atoms with Gasteiger partial charge in [0.25, 0.3) is 0 Å². The lowest BCUT2D eigenvalue weighted by molar-refractivity contribution is -0.149. The van der Waals surface area contributed by atoms with Crippen LogP contribution in [0.15, 0.2) is 18.2 Å². The average Bonchev–Trinajstić information content (AvgIpc) is 2.37. The summed E-state index contributed by atoms with van der Waals surface area (Å²) in [5, 5.41) is 0. The number of rotatable bonds is 5. The monoisotopic (exact) mass is 295 g/mol. The van der Waals surface area contributed by atoms with Crippen LogP contribution < -0.4 is 10.5 Å². The first-order chi connectivity index (χ1) is 8.51. The molecule has 1 unspecified atom stereocenters. The van der Waals surface area contributed by atoms with Crippen LogP contribution in [0, 0.1) is 5.82 Å². The number of nitrogens with two attached hydrogens (primary N) is 1. The number of benzene rings is 1. The van der Waals surface area contributed by atoms with Crippen molar-refractivity contribution in [2.75, 3.05) is 13.7 Å². The van der Waals surface area contributed by atoms with E-state index in [-0.39, 0.29) is 30.3 Å². The summed E-state index contributed by atoms with van der Waals surface area (Å²) in [4.78, 5) is 11.2. The quantitative estimate of drug-likeness (QED) is 0.846. The van der Waals surface area contributed by atoms with Crippen molar-refractivity contribution in [3.05, 3.63) is 29.6 Å². The van der Waals surface area contributed by atoms with Gasteiger partial charge in [0.2, 0.25) is 6.17 Å². The molecule has 4 nitrogen and oxygen atoms in total. The van der Waals surface area contributed by atoms with Crippen molar-refractivity contribution in [3.8, 4) is 5.75 Å². The molecule has 0 bridgehead atoms. The molecule has 0 fully saturated rings. The molecule has 1 aromatic rings. The summed E-state index contributed by atoms with van der Waals surface area (Å²) < 4.78 is 36.3. The molecule has 2 N–H and O–H groups in total. The maximum absolute atomic E-state index is 13.6. The minimum atomic E-state index is -2.03. The molecule has 0 saturated carbocycles. The van der Waals surface area contributed by atoms with Crippen LogP contribution in [-0.2, 0) is 9.53 Å². The Bertz CT molecular complexity index is 431. The van der Waals surface area contributed by atoms with Crippen LogP contribution in [0.5, 0.6) is 5.75 Å². The molecule has 0 aliphatic carbocycles. The second-order valence-corrected chi connectivity index (χ2v) is 3.57. The summed E-state index contributed by atoms with van der Waals surface area (Å²) in [6.45, 7) is 1.62. The second kappa shape index (κ2) is 7.91. The van der Waals surface area contributed by atoms with Crippen molar-refractivity contribution in [1.82, 2.24) is 0 Å². The molecule has 0 radical (unpaired) electrons. The number of esters is 1. The zero-order valence-electron chi connectivity index (χ0n) is 10.6. The van der Waals surface area contributed by atoms with E-state index in [1.54, 1.807) is 6.92 Å². The number of hydrogen-bond acceptors (Lipinski definition) is 4. The van der Waals surface area contributed by atoms with Gasteiger partial charge in [-0.25, -0.2) is 13.6 Å². The standard InChI is InChI=1S/C12H15F2NO3.ClH/c1-3-18-12(16)10(14)11(15)7-4-5-9(17-2)8(13)6-7;/h4-6,10-11H,3,15H2,1-2H3;1H/t10?,11-;/m0./s1. The maximum Gasteiger partial charge on any atom is 0.342 e. The van der Waals surface area contributed by atoms with Crippen LogP contribution >= 0.6 is 12.4 Å². The Balaban J connectivity index is 0.00000324. The van der Waals surface area contributed by atoms with Crippen molar-refractivity contribution >= 4 is 18.4 Å². The van der Waals surface area contributed by atoms with E-state index in [1.165, 1.54) is 19.2 Å². The van der Waals surface area contributed by atoms with E-state index < -0.39 is 24.0 Å². The molecule has 7 heteroatoms. The van der Waals surface area contributed by atoms with Crippen molar-refractivity contribution in [1.29, 1.82) is 0 Å². The highest BCUT2D eigenvalue weighted by molar-refractivity contribution is 5.85. The summed E-state index contributed by atoms with van der Waals surface area (Å²) in [6, 6.07) is 2.49. The smallest absolute Gasteiger partial charge is 0.342 e. The molecule has 0 spiro atoms. The lowest BCUT2D eigenvalue weighted by Gasteiger charge is -2.16. The van der Waals surface area contributed by atoms with Crippen LogP contribution in [0.25, 0.3) is 0 Å². The Morgan fingerprint density at radius 2 is 2.11 bits per heavy atom. The van der Waals surface area contributed by atoms with E-state index in [1.807, 2.05) is 0 Å². The summed E-state index contributed by atoms with van der Waals surface area (Å²) in [6.07, 6.45) is -2.03. The summed E-state index contributed by atoms with van der Waals surface area (Å²) in [5.41, 5.74) is 5.71. The Hall–Kier alpha value is -1.40. The first-order valence-corrected chi connectivity index (χ1v) is 5.41. The molecule has 0 heterocycles. The first-order valence-electron chi connectivity index (χ1n) is 5.41. The molecule has 0 aromatic heterocycles. The number of halogens is 3. The largest absolute Gasteiger partial charge is 0.494 e. The van der Waals surface area contributed by atoms with E-state index in [0.717, 1.165) is 6.07 Å². The van der Waals surface area contributed by atoms with Crippen LogP contribution in [0.4, 0.5) is 8.78 Å². The van der Waals surface area contributed by atoms with Crippen LogP contribution in [0.1, 0.15) is 18.5 Å². The molecule has 1 rings (SSSR count). The maximum atomic E-state index is 13.6. The minimum Gasteiger partial charge on any atom is -0.494 e. The van der Waals surface area contributed by atoms with Crippen LogP contribution in [-0.4, -0.2) is 25.9 Å². The van der Waals surface area contributed by atoms with Crippen molar-refractivity contribution in [2.24, 2.45) is 5.73 Å². The molecule has 19 heavy (non-hydrogen) atoms. The summed E-state index contributed by atoms with van der Waals surface area (Å²) >= 11 is 0. The number of carbonyl (C=O) groups is 1. The van der Waals surface area contributed by atoms with Gasteiger partial charge in [0, 0.05) is 0 Å². The topological polar surface area (TPSA) is 61.5 Å². The molecule has 0 aliphatic heterocycles. The van der Waals surface area contributed by atoms with Gasteiger partial charge in [-0.05, 0) is 24.6 Å². The van der Waals surface area contributed by atoms with E-state index in [4.69, 9.17) is 10.5 Å². The molecule has 1 aromatic carbocycles. The first kappa shape index (κ1) is 17.6. The Morgan fingerprint density at radius 1 is 1.47 bits per heavy atom. The fourth-order valence-electron chi connectivity index (χ4n) is 1.43. The number of carbonyl (C=O) groups excluding carboxylic acids is 1.